The Balaban J connectivity index is 1.96. The number of rotatable bonds is 10. The summed E-state index contributed by atoms with van der Waals surface area (Å²) in [5.74, 6) is -0.699. The predicted octanol–water partition coefficient (Wildman–Crippen LogP) is 2.02. The van der Waals surface area contributed by atoms with E-state index in [1.807, 2.05) is 12.1 Å². The van der Waals surface area contributed by atoms with Gasteiger partial charge in [-0.2, -0.15) is 0 Å². The molecule has 0 heterocycles. The molecule has 2 aromatic carbocycles. The van der Waals surface area contributed by atoms with Gasteiger partial charge in [0.2, 0.25) is 11.8 Å². The Bertz CT molecular complexity index is 1050. The Morgan fingerprint density at radius 1 is 1.20 bits per heavy atom. The van der Waals surface area contributed by atoms with Gasteiger partial charge >= 0.3 is 0 Å². The van der Waals surface area contributed by atoms with Gasteiger partial charge in [-0.1, -0.05) is 24.3 Å². The van der Waals surface area contributed by atoms with Crippen LogP contribution in [0.3, 0.4) is 0 Å². The summed E-state index contributed by atoms with van der Waals surface area (Å²) in [5, 5.41) is 23.0. The van der Waals surface area contributed by atoms with Crippen molar-refractivity contribution in [2.45, 2.75) is 31.2 Å². The number of carbonyl (C=O) groups is 2. The van der Waals surface area contributed by atoms with Crippen LogP contribution in [-0.2, 0) is 20.9 Å². The summed E-state index contributed by atoms with van der Waals surface area (Å²) >= 11 is 2.11. The number of ether oxygens (including phenoxy) is 2. The number of hydrogen-bond acceptors (Lipinski definition) is 6. The molecule has 0 saturated heterocycles. The van der Waals surface area contributed by atoms with Crippen molar-refractivity contribution in [2.75, 3.05) is 26.9 Å². The average molecular weight is 598 g/mol. The molecule has 2 aromatic rings. The highest BCUT2D eigenvalue weighted by atomic mass is 127. The zero-order chi connectivity index (χ0) is 25.4. The van der Waals surface area contributed by atoms with Gasteiger partial charge in [-0.25, -0.2) is 4.39 Å². The van der Waals surface area contributed by atoms with E-state index in [4.69, 9.17) is 14.6 Å². The van der Waals surface area contributed by atoms with Crippen LogP contribution in [0.2, 0.25) is 0 Å². The number of benzene rings is 2. The van der Waals surface area contributed by atoms with Crippen molar-refractivity contribution in [1.82, 2.24) is 10.2 Å². The van der Waals surface area contributed by atoms with Crippen LogP contribution < -0.4 is 10.1 Å². The smallest absolute Gasteiger partial charge is 0.249 e. The quantitative estimate of drug-likeness (QED) is 0.362. The minimum absolute atomic E-state index is 0.0564. The first kappa shape index (κ1) is 27.1. The minimum atomic E-state index is -1.17. The Labute approximate surface area is 216 Å². The normalized spacial score (nSPS) is 19.6. The number of aliphatic hydroxyl groups is 2. The van der Waals surface area contributed by atoms with Gasteiger partial charge in [-0.05, 0) is 58.5 Å². The highest BCUT2D eigenvalue weighted by Crippen LogP contribution is 2.30. The molecule has 0 aromatic heterocycles. The van der Waals surface area contributed by atoms with Gasteiger partial charge in [0, 0.05) is 32.2 Å². The largest absolute Gasteiger partial charge is 0.482 e. The fourth-order valence-electron chi connectivity index (χ4n) is 3.85. The molecule has 0 aliphatic heterocycles. The monoisotopic (exact) mass is 598 g/mol. The second kappa shape index (κ2) is 13.0. The lowest BCUT2D eigenvalue weighted by atomic mass is 9.88. The first-order valence-corrected chi connectivity index (χ1v) is 12.1. The van der Waals surface area contributed by atoms with E-state index < -0.39 is 35.9 Å². The highest BCUT2D eigenvalue weighted by Gasteiger charge is 2.40. The van der Waals surface area contributed by atoms with E-state index in [1.54, 1.807) is 30.3 Å². The fourth-order valence-corrected chi connectivity index (χ4v) is 4.36. The zero-order valence-corrected chi connectivity index (χ0v) is 21.4. The molecule has 0 saturated carbocycles. The van der Waals surface area contributed by atoms with Crippen LogP contribution in [0.1, 0.15) is 12.0 Å². The highest BCUT2D eigenvalue weighted by molar-refractivity contribution is 14.1. The van der Waals surface area contributed by atoms with Gasteiger partial charge in [-0.3, -0.25) is 9.59 Å². The second-order valence-electron chi connectivity index (χ2n) is 8.03. The third-order valence-corrected chi connectivity index (χ3v) is 6.46. The number of para-hydroxylation sites is 1. The number of amides is 2. The molecule has 10 heteroatoms. The molecule has 0 bridgehead atoms. The number of halogens is 2. The van der Waals surface area contributed by atoms with E-state index >= 15 is 0 Å². The van der Waals surface area contributed by atoms with E-state index in [1.165, 1.54) is 24.1 Å². The van der Waals surface area contributed by atoms with Crippen LogP contribution in [0.15, 0.2) is 60.2 Å². The first-order valence-electron chi connectivity index (χ1n) is 11.1. The SMILES string of the molecule is COCC(=O)N(Cc1ccc(F)cc1)C1CC(C(=O)NCCO)=CC(Oc2ccccc2I)C1O. The minimum Gasteiger partial charge on any atom is -0.482 e. The fraction of sp³-hybridized carbons (Fsp3) is 0.360. The molecular formula is C25H28FIN2O6. The lowest BCUT2D eigenvalue weighted by molar-refractivity contribution is -0.143. The molecule has 35 heavy (non-hydrogen) atoms. The predicted molar refractivity (Wildman–Crippen MR) is 135 cm³/mol. The Morgan fingerprint density at radius 3 is 2.57 bits per heavy atom. The van der Waals surface area contributed by atoms with Gasteiger partial charge in [0.15, 0.2) is 0 Å². The van der Waals surface area contributed by atoms with Gasteiger partial charge < -0.3 is 29.9 Å². The number of aliphatic hydroxyl groups excluding tert-OH is 2. The van der Waals surface area contributed by atoms with Crippen LogP contribution in [0.5, 0.6) is 5.75 Å². The van der Waals surface area contributed by atoms with E-state index in [-0.39, 0.29) is 32.7 Å². The molecule has 3 N–H and O–H groups in total. The van der Waals surface area contributed by atoms with E-state index in [0.717, 1.165) is 3.57 Å². The maximum atomic E-state index is 13.4. The molecule has 3 atom stereocenters. The van der Waals surface area contributed by atoms with Crippen LogP contribution in [0, 0.1) is 9.39 Å². The third-order valence-electron chi connectivity index (χ3n) is 5.57. The van der Waals surface area contributed by atoms with Crippen molar-refractivity contribution in [3.8, 4) is 5.75 Å². The summed E-state index contributed by atoms with van der Waals surface area (Å²) in [4.78, 5) is 27.3. The summed E-state index contributed by atoms with van der Waals surface area (Å²) in [6.07, 6.45) is -0.485. The maximum absolute atomic E-state index is 13.4. The summed E-state index contributed by atoms with van der Waals surface area (Å²) in [7, 11) is 1.39. The van der Waals surface area contributed by atoms with Gasteiger partial charge in [-0.15, -0.1) is 0 Å². The van der Waals surface area contributed by atoms with Crippen molar-refractivity contribution in [1.29, 1.82) is 0 Å². The van der Waals surface area contributed by atoms with Crippen molar-refractivity contribution in [3.05, 3.63) is 75.1 Å². The second-order valence-corrected chi connectivity index (χ2v) is 9.19. The van der Waals surface area contributed by atoms with Gasteiger partial charge in [0.1, 0.15) is 30.4 Å². The van der Waals surface area contributed by atoms with Crippen LogP contribution in [0.25, 0.3) is 0 Å². The Hall–Kier alpha value is -2.54. The number of hydrogen-bond donors (Lipinski definition) is 3. The molecule has 0 radical (unpaired) electrons. The summed E-state index contributed by atoms with van der Waals surface area (Å²) in [6, 6.07) is 12.1. The molecule has 2 amide bonds. The number of nitrogens with one attached hydrogen (secondary N) is 1. The molecule has 188 valence electrons. The number of carbonyl (C=O) groups excluding carboxylic acids is 2. The number of nitrogens with zero attached hydrogens (tertiary/aromatic N) is 1. The van der Waals surface area contributed by atoms with Gasteiger partial charge in [0.05, 0.1) is 16.2 Å². The molecule has 3 rings (SSSR count). The molecule has 0 fully saturated rings. The van der Waals surface area contributed by atoms with Crippen molar-refractivity contribution in [3.63, 3.8) is 0 Å². The molecule has 0 spiro atoms. The Morgan fingerprint density at radius 2 is 1.91 bits per heavy atom. The van der Waals surface area contributed by atoms with Crippen molar-refractivity contribution >= 4 is 34.4 Å². The zero-order valence-electron chi connectivity index (χ0n) is 19.2. The summed E-state index contributed by atoms with van der Waals surface area (Å²) in [5.41, 5.74) is 0.970. The van der Waals surface area contributed by atoms with Gasteiger partial charge in [0.25, 0.3) is 0 Å². The molecule has 1 aliphatic rings. The van der Waals surface area contributed by atoms with Crippen molar-refractivity contribution in [2.24, 2.45) is 0 Å². The molecule has 1 aliphatic carbocycles. The lowest BCUT2D eigenvalue weighted by Crippen LogP contribution is -2.55. The lowest BCUT2D eigenvalue weighted by Gasteiger charge is -2.40. The molecule has 3 unspecified atom stereocenters. The van der Waals surface area contributed by atoms with E-state index in [0.29, 0.717) is 16.9 Å². The first-order chi connectivity index (χ1) is 16.8. The topological polar surface area (TPSA) is 108 Å². The Kier molecular flexibility index (Phi) is 10.0. The van der Waals surface area contributed by atoms with E-state index in [2.05, 4.69) is 27.9 Å². The molecule has 8 nitrogen and oxygen atoms in total. The van der Waals surface area contributed by atoms with Crippen LogP contribution in [0.4, 0.5) is 4.39 Å². The summed E-state index contributed by atoms with van der Waals surface area (Å²) < 4.78 is 25.4. The van der Waals surface area contributed by atoms with Crippen molar-refractivity contribution < 1.29 is 33.7 Å². The standard InChI is InChI=1S/C25H28FIN2O6/c1-34-15-23(31)29(14-16-6-8-18(26)9-7-16)20-12-17(25(33)28-10-11-30)13-22(24(20)32)35-21-5-3-2-4-19(21)27/h2-9,13,20,22,24,30,32H,10-12,14-15H2,1H3,(H,28,33). The molecular weight excluding hydrogens is 570 g/mol. The average Bonchev–Trinajstić information content (AvgIpc) is 2.85. The number of methoxy groups -OCH3 is 1. The third kappa shape index (κ3) is 7.23. The van der Waals surface area contributed by atoms with Crippen LogP contribution in [-0.4, -0.2) is 72.0 Å². The van der Waals surface area contributed by atoms with E-state index in [9.17, 15) is 19.1 Å². The summed E-state index contributed by atoms with van der Waals surface area (Å²) in [6.45, 7) is -0.322. The van der Waals surface area contributed by atoms with Crippen LogP contribution >= 0.6 is 22.6 Å². The maximum Gasteiger partial charge on any atom is 0.249 e.